The molecule has 25 heavy (non-hydrogen) atoms. The van der Waals surface area contributed by atoms with Gasteiger partial charge in [-0.15, -0.1) is 0 Å². The van der Waals surface area contributed by atoms with E-state index in [2.05, 4.69) is 46.3 Å². The van der Waals surface area contributed by atoms with Gasteiger partial charge in [-0.05, 0) is 55.0 Å². The summed E-state index contributed by atoms with van der Waals surface area (Å²) in [6, 6.07) is 16.7. The second-order valence-electron chi connectivity index (χ2n) is 6.76. The van der Waals surface area contributed by atoms with Crippen LogP contribution in [0.5, 0.6) is 0 Å². The number of hydrogen-bond acceptors (Lipinski definition) is 3. The van der Waals surface area contributed by atoms with E-state index in [4.69, 9.17) is 4.42 Å². The van der Waals surface area contributed by atoms with Crippen LogP contribution in [0.1, 0.15) is 19.0 Å². The maximum atomic E-state index is 11.2. The van der Waals surface area contributed by atoms with Crippen molar-refractivity contribution in [2.75, 3.05) is 19.6 Å². The van der Waals surface area contributed by atoms with Crippen molar-refractivity contribution >= 4 is 11.1 Å². The van der Waals surface area contributed by atoms with Gasteiger partial charge in [-0.2, -0.15) is 0 Å². The first kappa shape index (κ1) is 17.4. The van der Waals surface area contributed by atoms with E-state index in [1.807, 2.05) is 12.1 Å². The number of halogens is 1. The van der Waals surface area contributed by atoms with Gasteiger partial charge in [0, 0.05) is 14.5 Å². The summed E-state index contributed by atoms with van der Waals surface area (Å²) in [6.45, 7) is 3.53. The Labute approximate surface area is 147 Å². The number of benzene rings is 2. The van der Waals surface area contributed by atoms with Crippen LogP contribution in [0.3, 0.4) is 0 Å². The SMILES string of the molecule is F.O=c1[nH]c2cc(CC3CN(CCCc4ccccc4)C3)ccc2o1.[HH]. The topological polar surface area (TPSA) is 49.2 Å². The minimum absolute atomic E-state index is 0. The van der Waals surface area contributed by atoms with Crippen molar-refractivity contribution in [1.29, 1.82) is 0 Å². The molecule has 4 rings (SSSR count). The van der Waals surface area contributed by atoms with E-state index in [0.717, 1.165) is 24.3 Å². The highest BCUT2D eigenvalue weighted by molar-refractivity contribution is 5.72. The highest BCUT2D eigenvalue weighted by Gasteiger charge is 2.26. The summed E-state index contributed by atoms with van der Waals surface area (Å²) in [4.78, 5) is 16.5. The fourth-order valence-corrected chi connectivity index (χ4v) is 3.60. The summed E-state index contributed by atoms with van der Waals surface area (Å²) >= 11 is 0. The third-order valence-corrected chi connectivity index (χ3v) is 4.82. The zero-order chi connectivity index (χ0) is 16.4. The fraction of sp³-hybridized carbons (Fsp3) is 0.350. The highest BCUT2D eigenvalue weighted by atomic mass is 19.0. The van der Waals surface area contributed by atoms with Crippen molar-refractivity contribution in [2.24, 2.45) is 5.92 Å². The van der Waals surface area contributed by atoms with Crippen LogP contribution in [0, 0.1) is 5.92 Å². The van der Waals surface area contributed by atoms with Gasteiger partial charge in [0.1, 0.15) is 0 Å². The standard InChI is InChI=1S/C20H22N2O2.FH.H2/c23-20-21-18-12-16(8-9-19(18)24-20)11-17-13-22(14-17)10-4-7-15-5-2-1-3-6-15;;/h1-3,5-6,8-9,12,17H,4,7,10-11,13-14H2,(H,21,23);2*1H. The second-order valence-corrected chi connectivity index (χ2v) is 6.76. The highest BCUT2D eigenvalue weighted by Crippen LogP contribution is 2.22. The maximum absolute atomic E-state index is 11.2. The molecule has 0 amide bonds. The minimum atomic E-state index is -0.379. The molecule has 1 aromatic heterocycles. The normalized spacial score (nSPS) is 15.0. The summed E-state index contributed by atoms with van der Waals surface area (Å²) in [5, 5.41) is 0. The molecule has 0 aliphatic carbocycles. The Bertz CT molecular complexity index is 872. The number of nitrogens with one attached hydrogen (secondary N) is 1. The Morgan fingerprint density at radius 2 is 1.92 bits per heavy atom. The smallest absolute Gasteiger partial charge is 0.408 e. The summed E-state index contributed by atoms with van der Waals surface area (Å²) in [6.07, 6.45) is 3.45. The number of hydrogen-bond donors (Lipinski definition) is 1. The lowest BCUT2D eigenvalue weighted by Gasteiger charge is -2.39. The second kappa shape index (κ2) is 7.66. The molecule has 2 heterocycles. The predicted octanol–water partition coefficient (Wildman–Crippen LogP) is 3.63. The predicted molar refractivity (Wildman–Crippen MR) is 99.8 cm³/mol. The number of fused-ring (bicyclic) bond motifs is 1. The molecule has 1 fully saturated rings. The number of oxazole rings is 1. The molecule has 0 spiro atoms. The van der Waals surface area contributed by atoms with Crippen LogP contribution in [0.15, 0.2) is 57.7 Å². The van der Waals surface area contributed by atoms with Crippen LogP contribution in [-0.4, -0.2) is 29.5 Å². The number of H-pyrrole nitrogens is 1. The Hall–Kier alpha value is -2.40. The van der Waals surface area contributed by atoms with Crippen LogP contribution in [-0.2, 0) is 12.8 Å². The number of rotatable bonds is 6. The lowest BCUT2D eigenvalue weighted by atomic mass is 9.91. The van der Waals surface area contributed by atoms with E-state index in [0.29, 0.717) is 5.58 Å². The van der Waals surface area contributed by atoms with Gasteiger partial charge in [-0.1, -0.05) is 36.4 Å². The van der Waals surface area contributed by atoms with Gasteiger partial charge in [-0.25, -0.2) is 4.79 Å². The Balaban J connectivity index is 0.00000121. The monoisotopic (exact) mass is 344 g/mol. The van der Waals surface area contributed by atoms with Gasteiger partial charge >= 0.3 is 5.76 Å². The summed E-state index contributed by atoms with van der Waals surface area (Å²) in [7, 11) is 0. The molecule has 1 aliphatic heterocycles. The van der Waals surface area contributed by atoms with Gasteiger partial charge in [0.2, 0.25) is 0 Å². The molecule has 1 saturated heterocycles. The first-order chi connectivity index (χ1) is 11.8. The molecule has 0 atom stereocenters. The third-order valence-electron chi connectivity index (χ3n) is 4.82. The zero-order valence-corrected chi connectivity index (χ0v) is 14.1. The molecule has 0 saturated carbocycles. The van der Waals surface area contributed by atoms with E-state index in [9.17, 15) is 4.79 Å². The fourth-order valence-electron chi connectivity index (χ4n) is 3.60. The molecule has 1 aliphatic rings. The molecule has 0 radical (unpaired) electrons. The van der Waals surface area contributed by atoms with Crippen LogP contribution >= 0.6 is 0 Å². The van der Waals surface area contributed by atoms with E-state index in [1.54, 1.807) is 0 Å². The van der Waals surface area contributed by atoms with Crippen molar-refractivity contribution in [3.8, 4) is 0 Å². The maximum Gasteiger partial charge on any atom is 0.417 e. The molecule has 0 unspecified atom stereocenters. The molecular weight excluding hydrogens is 319 g/mol. The summed E-state index contributed by atoms with van der Waals surface area (Å²) in [5.41, 5.74) is 4.14. The van der Waals surface area contributed by atoms with Crippen molar-refractivity contribution < 1.29 is 10.5 Å². The minimum Gasteiger partial charge on any atom is -0.408 e. The summed E-state index contributed by atoms with van der Waals surface area (Å²) in [5.74, 6) is 0.341. The number of aromatic nitrogens is 1. The number of aryl methyl sites for hydroxylation is 1. The number of aromatic amines is 1. The first-order valence-electron chi connectivity index (χ1n) is 8.64. The molecule has 134 valence electrons. The Kier molecular flexibility index (Phi) is 5.34. The lowest BCUT2D eigenvalue weighted by Crippen LogP contribution is -2.47. The van der Waals surface area contributed by atoms with E-state index < -0.39 is 0 Å². The van der Waals surface area contributed by atoms with Gasteiger partial charge in [0.15, 0.2) is 5.58 Å². The van der Waals surface area contributed by atoms with Crippen molar-refractivity contribution in [3.63, 3.8) is 0 Å². The summed E-state index contributed by atoms with van der Waals surface area (Å²) < 4.78 is 5.05. The van der Waals surface area contributed by atoms with Gasteiger partial charge in [0.05, 0.1) is 5.52 Å². The average molecular weight is 344 g/mol. The molecule has 1 N–H and O–H groups in total. The van der Waals surface area contributed by atoms with Crippen molar-refractivity contribution in [3.05, 3.63) is 70.2 Å². The first-order valence-corrected chi connectivity index (χ1v) is 8.64. The largest absolute Gasteiger partial charge is 0.417 e. The van der Waals surface area contributed by atoms with Gasteiger partial charge < -0.3 is 9.32 Å². The van der Waals surface area contributed by atoms with Crippen molar-refractivity contribution in [2.45, 2.75) is 19.3 Å². The molecule has 0 bridgehead atoms. The molecule has 4 nitrogen and oxygen atoms in total. The van der Waals surface area contributed by atoms with Crippen molar-refractivity contribution in [1.82, 2.24) is 9.88 Å². The van der Waals surface area contributed by atoms with E-state index in [-0.39, 0.29) is 11.9 Å². The van der Waals surface area contributed by atoms with Crippen LogP contribution in [0.2, 0.25) is 0 Å². The third kappa shape index (κ3) is 4.17. The lowest BCUT2D eigenvalue weighted by molar-refractivity contribution is 0.0995. The van der Waals surface area contributed by atoms with Crippen LogP contribution in [0.25, 0.3) is 11.1 Å². The van der Waals surface area contributed by atoms with Crippen LogP contribution in [0.4, 0.5) is 4.70 Å². The van der Waals surface area contributed by atoms with E-state index in [1.165, 1.54) is 37.2 Å². The molecule has 5 heteroatoms. The molecular formula is C20H25FN2O2. The van der Waals surface area contributed by atoms with Gasteiger partial charge in [0.25, 0.3) is 0 Å². The molecule has 2 aromatic carbocycles. The van der Waals surface area contributed by atoms with E-state index >= 15 is 0 Å². The van der Waals surface area contributed by atoms with Gasteiger partial charge in [-0.3, -0.25) is 9.69 Å². The zero-order valence-electron chi connectivity index (χ0n) is 14.1. The van der Waals surface area contributed by atoms with Crippen LogP contribution < -0.4 is 5.76 Å². The Morgan fingerprint density at radius 3 is 2.72 bits per heavy atom. The Morgan fingerprint density at radius 1 is 1.12 bits per heavy atom. The quantitative estimate of drug-likeness (QED) is 0.743. The number of nitrogens with zero attached hydrogens (tertiary/aromatic N) is 1. The number of likely N-dealkylation sites (tertiary alicyclic amines) is 1. The average Bonchev–Trinajstić information content (AvgIpc) is 2.92. The molecule has 3 aromatic rings.